The van der Waals surface area contributed by atoms with Gasteiger partial charge in [0, 0.05) is 16.7 Å². The summed E-state index contributed by atoms with van der Waals surface area (Å²) in [6.07, 6.45) is -1.05. The van der Waals surface area contributed by atoms with Crippen LogP contribution >= 0.6 is 0 Å². The minimum Gasteiger partial charge on any atom is -0.447 e. The average molecular weight is 386 g/mol. The molecule has 0 radical (unpaired) electrons. The van der Waals surface area contributed by atoms with E-state index in [9.17, 15) is 18.2 Å². The molecule has 0 spiro atoms. The summed E-state index contributed by atoms with van der Waals surface area (Å²) in [5.41, 5.74) is 5.50. The topological polar surface area (TPSA) is 89.7 Å². The predicted molar refractivity (Wildman–Crippen MR) is 98.4 cm³/mol. The van der Waals surface area contributed by atoms with Gasteiger partial charge in [0.25, 0.3) is 0 Å². The van der Waals surface area contributed by atoms with Crippen molar-refractivity contribution in [3.8, 4) is 0 Å². The lowest BCUT2D eigenvalue weighted by atomic mass is 10.0. The molecule has 0 saturated heterocycles. The van der Waals surface area contributed by atoms with Crippen molar-refractivity contribution in [2.24, 2.45) is 11.7 Å². The largest absolute Gasteiger partial charge is 0.447 e. The standard InChI is InChI=1S/C18H27FN2O4S/c1-11(2)16(17(20)22)21(18(23)25-12(3)4)13(5)10-26(24)15-8-6-14(19)7-9-15/h6-9,11-13,16H,10H2,1-5H3,(H2,20,22)/t13?,16-,26?/m0/s1. The highest BCUT2D eigenvalue weighted by atomic mass is 32.2. The van der Waals surface area contributed by atoms with Crippen LogP contribution in [0, 0.1) is 11.7 Å². The van der Waals surface area contributed by atoms with Crippen molar-refractivity contribution in [1.82, 2.24) is 4.90 Å². The van der Waals surface area contributed by atoms with Gasteiger partial charge in [0.2, 0.25) is 5.91 Å². The van der Waals surface area contributed by atoms with Crippen LogP contribution in [0.4, 0.5) is 9.18 Å². The predicted octanol–water partition coefficient (Wildman–Crippen LogP) is 2.68. The molecule has 8 heteroatoms. The van der Waals surface area contributed by atoms with E-state index in [-0.39, 0.29) is 17.8 Å². The molecule has 3 atom stereocenters. The molecule has 1 aromatic rings. The number of nitrogens with zero attached hydrogens (tertiary/aromatic N) is 1. The van der Waals surface area contributed by atoms with Crippen LogP contribution in [-0.4, -0.2) is 45.0 Å². The molecule has 2 unspecified atom stereocenters. The van der Waals surface area contributed by atoms with Crippen LogP contribution in [0.1, 0.15) is 34.6 Å². The molecule has 1 rings (SSSR count). The van der Waals surface area contributed by atoms with Crippen molar-refractivity contribution in [2.75, 3.05) is 5.75 Å². The van der Waals surface area contributed by atoms with Crippen molar-refractivity contribution in [1.29, 1.82) is 0 Å². The monoisotopic (exact) mass is 386 g/mol. The third-order valence-electron chi connectivity index (χ3n) is 3.71. The van der Waals surface area contributed by atoms with E-state index in [0.717, 1.165) is 0 Å². The molecule has 146 valence electrons. The Bertz CT molecular complexity index is 649. The van der Waals surface area contributed by atoms with Gasteiger partial charge >= 0.3 is 6.09 Å². The lowest BCUT2D eigenvalue weighted by Gasteiger charge is -2.36. The summed E-state index contributed by atoms with van der Waals surface area (Å²) >= 11 is 0. The molecule has 0 heterocycles. The van der Waals surface area contributed by atoms with E-state index >= 15 is 0 Å². The molecule has 6 nitrogen and oxygen atoms in total. The first-order chi connectivity index (χ1) is 12.0. The molecule has 0 aliphatic heterocycles. The van der Waals surface area contributed by atoms with Gasteiger partial charge in [0.05, 0.1) is 16.9 Å². The molecule has 0 aliphatic carbocycles. The van der Waals surface area contributed by atoms with Crippen LogP contribution in [0.2, 0.25) is 0 Å². The van der Waals surface area contributed by atoms with Gasteiger partial charge in [-0.2, -0.15) is 0 Å². The zero-order valence-electron chi connectivity index (χ0n) is 15.8. The fourth-order valence-electron chi connectivity index (χ4n) is 2.60. The number of benzene rings is 1. The van der Waals surface area contributed by atoms with E-state index in [1.54, 1.807) is 34.6 Å². The quantitative estimate of drug-likeness (QED) is 0.744. The van der Waals surface area contributed by atoms with Crippen molar-refractivity contribution >= 4 is 22.8 Å². The minimum absolute atomic E-state index is 0.0648. The Morgan fingerprint density at radius 3 is 2.12 bits per heavy atom. The molecule has 2 N–H and O–H groups in total. The fourth-order valence-corrected chi connectivity index (χ4v) is 3.83. The molecular weight excluding hydrogens is 359 g/mol. The van der Waals surface area contributed by atoms with E-state index in [1.807, 2.05) is 0 Å². The molecule has 0 saturated carbocycles. The van der Waals surface area contributed by atoms with E-state index in [2.05, 4.69) is 0 Å². The van der Waals surface area contributed by atoms with Crippen LogP contribution in [0.5, 0.6) is 0 Å². The maximum atomic E-state index is 13.0. The van der Waals surface area contributed by atoms with Crippen LogP contribution in [-0.2, 0) is 20.3 Å². The van der Waals surface area contributed by atoms with Gasteiger partial charge in [0.1, 0.15) is 11.9 Å². The van der Waals surface area contributed by atoms with Gasteiger partial charge in [-0.25, -0.2) is 9.18 Å². The van der Waals surface area contributed by atoms with Crippen LogP contribution < -0.4 is 5.73 Å². The first kappa shape index (κ1) is 22.1. The zero-order chi connectivity index (χ0) is 20.0. The number of halogens is 1. The highest BCUT2D eigenvalue weighted by Crippen LogP contribution is 2.19. The molecule has 0 bridgehead atoms. The molecule has 0 fully saturated rings. The first-order valence-electron chi connectivity index (χ1n) is 8.46. The van der Waals surface area contributed by atoms with Crippen molar-refractivity contribution in [3.63, 3.8) is 0 Å². The second-order valence-corrected chi connectivity index (χ2v) is 8.24. The second kappa shape index (κ2) is 9.66. The van der Waals surface area contributed by atoms with Gasteiger partial charge < -0.3 is 10.5 Å². The van der Waals surface area contributed by atoms with E-state index < -0.39 is 40.7 Å². The normalized spacial score (nSPS) is 14.8. The molecule has 2 amide bonds. The number of hydrogen-bond acceptors (Lipinski definition) is 4. The number of ether oxygens (including phenoxy) is 1. The Morgan fingerprint density at radius 2 is 1.69 bits per heavy atom. The number of carbonyl (C=O) groups excluding carboxylic acids is 2. The van der Waals surface area contributed by atoms with E-state index in [0.29, 0.717) is 4.90 Å². The lowest BCUT2D eigenvalue weighted by molar-refractivity contribution is -0.125. The SMILES string of the molecule is CC(C)OC(=O)N(C(C)CS(=O)c1ccc(F)cc1)[C@H](C(N)=O)C(C)C. The summed E-state index contributed by atoms with van der Waals surface area (Å²) in [7, 11) is -1.48. The van der Waals surface area contributed by atoms with E-state index in [1.165, 1.54) is 29.2 Å². The summed E-state index contributed by atoms with van der Waals surface area (Å²) in [5.74, 6) is -1.25. The Morgan fingerprint density at radius 1 is 1.15 bits per heavy atom. The maximum Gasteiger partial charge on any atom is 0.410 e. The highest BCUT2D eigenvalue weighted by Gasteiger charge is 2.36. The van der Waals surface area contributed by atoms with Gasteiger partial charge in [-0.3, -0.25) is 13.9 Å². The molecule has 26 heavy (non-hydrogen) atoms. The van der Waals surface area contributed by atoms with Crippen molar-refractivity contribution in [2.45, 2.75) is 57.7 Å². The molecule has 0 aliphatic rings. The lowest BCUT2D eigenvalue weighted by Crippen LogP contribution is -2.56. The molecular formula is C18H27FN2O4S. The number of amides is 2. The van der Waals surface area contributed by atoms with Gasteiger partial charge in [-0.05, 0) is 51.0 Å². The van der Waals surface area contributed by atoms with Crippen LogP contribution in [0.3, 0.4) is 0 Å². The number of hydrogen-bond donors (Lipinski definition) is 1. The van der Waals surface area contributed by atoms with Crippen LogP contribution in [0.25, 0.3) is 0 Å². The Hall–Kier alpha value is -1.96. The summed E-state index contributed by atoms with van der Waals surface area (Å²) in [6.45, 7) is 8.63. The molecule has 1 aromatic carbocycles. The summed E-state index contributed by atoms with van der Waals surface area (Å²) in [4.78, 5) is 26.2. The number of primary amides is 1. The summed E-state index contributed by atoms with van der Waals surface area (Å²) in [5, 5.41) is 0. The zero-order valence-corrected chi connectivity index (χ0v) is 16.6. The van der Waals surface area contributed by atoms with E-state index in [4.69, 9.17) is 10.5 Å². The van der Waals surface area contributed by atoms with Crippen molar-refractivity contribution < 1.29 is 22.9 Å². The average Bonchev–Trinajstić information content (AvgIpc) is 2.51. The third kappa shape index (κ3) is 6.09. The smallest absolute Gasteiger partial charge is 0.410 e. The Kier molecular flexibility index (Phi) is 8.20. The molecule has 0 aromatic heterocycles. The maximum absolute atomic E-state index is 13.0. The van der Waals surface area contributed by atoms with Gasteiger partial charge in [-0.1, -0.05) is 13.8 Å². The number of rotatable bonds is 8. The second-order valence-electron chi connectivity index (χ2n) is 6.75. The third-order valence-corrected chi connectivity index (χ3v) is 5.30. The fraction of sp³-hybridized carbons (Fsp3) is 0.556. The summed E-state index contributed by atoms with van der Waals surface area (Å²) in [6, 6.07) is 3.85. The Labute approximate surface area is 156 Å². The van der Waals surface area contributed by atoms with Gasteiger partial charge in [0.15, 0.2) is 0 Å². The first-order valence-corrected chi connectivity index (χ1v) is 9.78. The Balaban J connectivity index is 3.07. The number of nitrogens with two attached hydrogens (primary N) is 1. The van der Waals surface area contributed by atoms with Crippen LogP contribution in [0.15, 0.2) is 29.2 Å². The number of carbonyl (C=O) groups is 2. The summed E-state index contributed by atoms with van der Waals surface area (Å²) < 4.78 is 30.9. The van der Waals surface area contributed by atoms with Crippen molar-refractivity contribution in [3.05, 3.63) is 30.1 Å². The minimum atomic E-state index is -1.48. The highest BCUT2D eigenvalue weighted by molar-refractivity contribution is 7.85. The van der Waals surface area contributed by atoms with Gasteiger partial charge in [-0.15, -0.1) is 0 Å².